The molecular formula is C18H28FN. The largest absolute Gasteiger partial charge is 0.314 e. The first-order chi connectivity index (χ1) is 9.45. The van der Waals surface area contributed by atoms with E-state index < -0.39 is 0 Å². The molecule has 0 heterocycles. The van der Waals surface area contributed by atoms with Crippen LogP contribution in [0.25, 0.3) is 0 Å². The molecule has 1 aliphatic rings. The van der Waals surface area contributed by atoms with Crippen molar-refractivity contribution in [3.8, 4) is 0 Å². The fourth-order valence-corrected chi connectivity index (χ4v) is 3.78. The first-order valence-electron chi connectivity index (χ1n) is 7.95. The zero-order valence-corrected chi connectivity index (χ0v) is 13.3. The van der Waals surface area contributed by atoms with Crippen LogP contribution < -0.4 is 5.32 Å². The molecule has 0 amide bonds. The van der Waals surface area contributed by atoms with E-state index in [1.165, 1.54) is 31.2 Å². The first-order valence-corrected chi connectivity index (χ1v) is 7.95. The highest BCUT2D eigenvalue weighted by Gasteiger charge is 2.52. The summed E-state index contributed by atoms with van der Waals surface area (Å²) in [6, 6.07) is 7.69. The monoisotopic (exact) mass is 277 g/mol. The molecule has 0 aliphatic heterocycles. The molecule has 1 aliphatic carbocycles. The molecule has 0 unspecified atom stereocenters. The van der Waals surface area contributed by atoms with Crippen LogP contribution in [0.2, 0.25) is 0 Å². The molecule has 1 nitrogen and oxygen atoms in total. The average molecular weight is 277 g/mol. The molecule has 1 fully saturated rings. The Morgan fingerprint density at radius 1 is 1.20 bits per heavy atom. The topological polar surface area (TPSA) is 12.0 Å². The molecule has 1 aromatic rings. The van der Waals surface area contributed by atoms with Crippen LogP contribution in [0, 0.1) is 11.2 Å². The molecule has 1 N–H and O–H groups in total. The molecule has 0 radical (unpaired) electrons. The van der Waals surface area contributed by atoms with Crippen molar-refractivity contribution in [2.45, 2.75) is 64.8 Å². The first kappa shape index (κ1) is 15.5. The molecule has 112 valence electrons. The fraction of sp³-hybridized carbons (Fsp3) is 0.667. The van der Waals surface area contributed by atoms with Crippen LogP contribution in [0.3, 0.4) is 0 Å². The standard InChI is InChI=1S/C18H28FN/c1-5-17(6-2)11-18(12-17,13-20-14(3)4)15-8-7-9-16(19)10-15/h7-10,14,20H,5-6,11-13H2,1-4H3. The molecule has 1 aromatic carbocycles. The number of benzene rings is 1. The summed E-state index contributed by atoms with van der Waals surface area (Å²) in [4.78, 5) is 0. The average Bonchev–Trinajstić information content (AvgIpc) is 2.38. The van der Waals surface area contributed by atoms with E-state index in [1.807, 2.05) is 6.07 Å². The van der Waals surface area contributed by atoms with Gasteiger partial charge in [-0.25, -0.2) is 4.39 Å². The van der Waals surface area contributed by atoms with Crippen molar-refractivity contribution in [1.82, 2.24) is 5.32 Å². The van der Waals surface area contributed by atoms with Gasteiger partial charge in [-0.3, -0.25) is 0 Å². The van der Waals surface area contributed by atoms with Gasteiger partial charge < -0.3 is 5.32 Å². The minimum atomic E-state index is -0.114. The zero-order chi connectivity index (χ0) is 14.8. The van der Waals surface area contributed by atoms with Crippen molar-refractivity contribution in [3.05, 3.63) is 35.6 Å². The minimum Gasteiger partial charge on any atom is -0.314 e. The van der Waals surface area contributed by atoms with Gasteiger partial charge >= 0.3 is 0 Å². The van der Waals surface area contributed by atoms with Crippen molar-refractivity contribution >= 4 is 0 Å². The number of halogens is 1. The summed E-state index contributed by atoms with van der Waals surface area (Å²) in [5.74, 6) is -0.114. The maximum atomic E-state index is 13.6. The van der Waals surface area contributed by atoms with Crippen LogP contribution in [0.15, 0.2) is 24.3 Å². The molecule has 0 atom stereocenters. The van der Waals surface area contributed by atoms with Gasteiger partial charge in [-0.2, -0.15) is 0 Å². The summed E-state index contributed by atoms with van der Waals surface area (Å²) in [7, 11) is 0. The van der Waals surface area contributed by atoms with E-state index >= 15 is 0 Å². The van der Waals surface area contributed by atoms with Crippen LogP contribution in [0.4, 0.5) is 4.39 Å². The lowest BCUT2D eigenvalue weighted by Gasteiger charge is -2.57. The molecule has 0 bridgehead atoms. The molecule has 1 saturated carbocycles. The Balaban J connectivity index is 2.23. The summed E-state index contributed by atoms with van der Waals surface area (Å²) in [6.45, 7) is 9.87. The number of hydrogen-bond acceptors (Lipinski definition) is 1. The Bertz CT molecular complexity index is 440. The van der Waals surface area contributed by atoms with E-state index in [0.29, 0.717) is 11.5 Å². The van der Waals surface area contributed by atoms with Crippen LogP contribution in [-0.4, -0.2) is 12.6 Å². The third-order valence-electron chi connectivity index (χ3n) is 5.21. The van der Waals surface area contributed by atoms with Crippen molar-refractivity contribution in [3.63, 3.8) is 0 Å². The molecule has 2 rings (SSSR count). The van der Waals surface area contributed by atoms with Gasteiger partial charge in [0.15, 0.2) is 0 Å². The van der Waals surface area contributed by atoms with E-state index in [0.717, 1.165) is 6.54 Å². The van der Waals surface area contributed by atoms with Crippen molar-refractivity contribution in [2.75, 3.05) is 6.54 Å². The van der Waals surface area contributed by atoms with Gasteiger partial charge in [0.2, 0.25) is 0 Å². The Morgan fingerprint density at radius 2 is 1.85 bits per heavy atom. The third-order valence-corrected chi connectivity index (χ3v) is 5.21. The fourth-order valence-electron chi connectivity index (χ4n) is 3.78. The molecule has 0 saturated heterocycles. The van der Waals surface area contributed by atoms with Gasteiger partial charge in [0.25, 0.3) is 0 Å². The molecular weight excluding hydrogens is 249 g/mol. The van der Waals surface area contributed by atoms with Gasteiger partial charge in [0, 0.05) is 18.0 Å². The molecule has 2 heteroatoms. The third kappa shape index (κ3) is 2.90. The van der Waals surface area contributed by atoms with E-state index in [1.54, 1.807) is 12.1 Å². The summed E-state index contributed by atoms with van der Waals surface area (Å²) in [5.41, 5.74) is 1.76. The highest BCUT2D eigenvalue weighted by atomic mass is 19.1. The normalized spacial score (nSPS) is 19.9. The Kier molecular flexibility index (Phi) is 4.53. The highest BCUT2D eigenvalue weighted by Crippen LogP contribution is 2.59. The van der Waals surface area contributed by atoms with E-state index in [2.05, 4.69) is 39.1 Å². The maximum absolute atomic E-state index is 13.6. The number of nitrogens with one attached hydrogen (secondary N) is 1. The van der Waals surface area contributed by atoms with Crippen LogP contribution >= 0.6 is 0 Å². The van der Waals surface area contributed by atoms with Gasteiger partial charge in [0.1, 0.15) is 5.82 Å². The molecule has 20 heavy (non-hydrogen) atoms. The van der Waals surface area contributed by atoms with Gasteiger partial charge in [0.05, 0.1) is 0 Å². The quantitative estimate of drug-likeness (QED) is 0.797. The lowest BCUT2D eigenvalue weighted by molar-refractivity contribution is 0.0117. The van der Waals surface area contributed by atoms with Crippen LogP contribution in [0.5, 0.6) is 0 Å². The van der Waals surface area contributed by atoms with E-state index in [4.69, 9.17) is 0 Å². The van der Waals surface area contributed by atoms with Crippen molar-refractivity contribution in [1.29, 1.82) is 0 Å². The van der Waals surface area contributed by atoms with Gasteiger partial charge in [-0.05, 0) is 36.0 Å². The summed E-state index contributed by atoms with van der Waals surface area (Å²) < 4.78 is 13.6. The second-order valence-corrected chi connectivity index (χ2v) is 6.89. The van der Waals surface area contributed by atoms with Gasteiger partial charge in [-0.15, -0.1) is 0 Å². The molecule has 0 aromatic heterocycles. The van der Waals surface area contributed by atoms with Crippen molar-refractivity contribution in [2.24, 2.45) is 5.41 Å². The van der Waals surface area contributed by atoms with E-state index in [-0.39, 0.29) is 11.2 Å². The second-order valence-electron chi connectivity index (χ2n) is 6.89. The molecule has 0 spiro atoms. The zero-order valence-electron chi connectivity index (χ0n) is 13.3. The predicted molar refractivity (Wildman–Crippen MR) is 83.5 cm³/mol. The van der Waals surface area contributed by atoms with Crippen LogP contribution in [0.1, 0.15) is 58.9 Å². The number of rotatable bonds is 6. The maximum Gasteiger partial charge on any atom is 0.123 e. The SMILES string of the molecule is CCC1(CC)CC(CNC(C)C)(c2cccc(F)c2)C1. The minimum absolute atomic E-state index is 0.114. The lowest BCUT2D eigenvalue weighted by atomic mass is 9.48. The van der Waals surface area contributed by atoms with E-state index in [9.17, 15) is 4.39 Å². The second kappa shape index (κ2) is 5.85. The summed E-state index contributed by atoms with van der Waals surface area (Å²) in [6.07, 6.45) is 4.80. The highest BCUT2D eigenvalue weighted by molar-refractivity contribution is 5.32. The summed E-state index contributed by atoms with van der Waals surface area (Å²) >= 11 is 0. The lowest BCUT2D eigenvalue weighted by Crippen LogP contribution is -2.55. The Hall–Kier alpha value is -0.890. The Morgan fingerprint density at radius 3 is 2.35 bits per heavy atom. The smallest absolute Gasteiger partial charge is 0.123 e. The van der Waals surface area contributed by atoms with Crippen LogP contribution in [-0.2, 0) is 5.41 Å². The van der Waals surface area contributed by atoms with Crippen molar-refractivity contribution < 1.29 is 4.39 Å². The van der Waals surface area contributed by atoms with Gasteiger partial charge in [-0.1, -0.05) is 52.7 Å². The Labute approximate surface area is 123 Å². The number of hydrogen-bond donors (Lipinski definition) is 1. The predicted octanol–water partition coefficient (Wildman–Crippen LogP) is 4.66. The summed E-state index contributed by atoms with van der Waals surface area (Å²) in [5, 5.41) is 3.57.